The molecule has 3 heteroatoms. The maximum Gasteiger partial charge on any atom is 0.328 e. The van der Waals surface area contributed by atoms with Crippen LogP contribution in [-0.4, -0.2) is 17.7 Å². The summed E-state index contributed by atoms with van der Waals surface area (Å²) in [5, 5.41) is 8.98. The quantitative estimate of drug-likeness (QED) is 0.268. The second-order valence-electron chi connectivity index (χ2n) is 8.10. The van der Waals surface area contributed by atoms with Gasteiger partial charge >= 0.3 is 5.97 Å². The summed E-state index contributed by atoms with van der Waals surface area (Å²) in [6.07, 6.45) is 19.5. The Morgan fingerprint density at radius 1 is 1.04 bits per heavy atom. The molecule has 2 rings (SSSR count). The Morgan fingerprint density at radius 3 is 2.32 bits per heavy atom. The van der Waals surface area contributed by atoms with Gasteiger partial charge in [-0.05, 0) is 36.8 Å². The van der Waals surface area contributed by atoms with Crippen LogP contribution in [0, 0.1) is 0 Å². The number of rotatable bonds is 14. The van der Waals surface area contributed by atoms with E-state index in [-0.39, 0.29) is 0 Å². The van der Waals surface area contributed by atoms with Crippen molar-refractivity contribution in [2.45, 2.75) is 96.3 Å². The number of hydrogen-bond donors (Lipinski definition) is 1. The summed E-state index contributed by atoms with van der Waals surface area (Å²) in [4.78, 5) is 10.9. The van der Waals surface area contributed by atoms with Crippen molar-refractivity contribution >= 4 is 12.0 Å². The molecule has 3 nitrogen and oxygen atoms in total. The molecule has 1 aromatic rings. The fourth-order valence-corrected chi connectivity index (χ4v) is 4.18. The zero-order valence-electron chi connectivity index (χ0n) is 17.6. The minimum absolute atomic E-state index is 0.552. The van der Waals surface area contributed by atoms with Crippen molar-refractivity contribution in [2.75, 3.05) is 6.61 Å². The van der Waals surface area contributed by atoms with E-state index >= 15 is 0 Å². The fourth-order valence-electron chi connectivity index (χ4n) is 4.18. The Balaban J connectivity index is 1.83. The minimum atomic E-state index is -0.920. The number of ether oxygens (including phenoxy) is 1. The number of benzene rings is 1. The van der Waals surface area contributed by atoms with E-state index in [4.69, 9.17) is 9.84 Å². The summed E-state index contributed by atoms with van der Waals surface area (Å²) < 4.78 is 6.23. The summed E-state index contributed by atoms with van der Waals surface area (Å²) >= 11 is 0. The zero-order valence-corrected chi connectivity index (χ0v) is 17.6. The predicted molar refractivity (Wildman–Crippen MR) is 117 cm³/mol. The lowest BCUT2D eigenvalue weighted by atomic mass is 9.94. The van der Waals surface area contributed by atoms with Crippen molar-refractivity contribution in [1.82, 2.24) is 0 Å². The molecule has 0 atom stereocenters. The normalized spacial score (nSPS) is 14.8. The van der Waals surface area contributed by atoms with Gasteiger partial charge in [0.2, 0.25) is 0 Å². The monoisotopic (exact) mass is 386 g/mol. The molecule has 1 N–H and O–H groups in total. The first-order valence-electron chi connectivity index (χ1n) is 11.4. The van der Waals surface area contributed by atoms with Crippen molar-refractivity contribution in [2.24, 2.45) is 0 Å². The number of hydrogen-bond acceptors (Lipinski definition) is 2. The lowest BCUT2D eigenvalue weighted by Gasteiger charge is -2.18. The summed E-state index contributed by atoms with van der Waals surface area (Å²) in [5.41, 5.74) is 2.16. The SMILES string of the molecule is CCCCCCCCCCCOc1c(C=CC(=O)O)cccc1C1CCCC1. The second-order valence-corrected chi connectivity index (χ2v) is 8.10. The number of unbranched alkanes of at least 4 members (excludes halogenated alkanes) is 8. The standard InChI is InChI=1S/C25H38O3/c1-2-3-4-5-6-7-8-9-12-20-28-25-22(18-19-24(26)27)16-13-17-23(25)21-14-10-11-15-21/h13,16-19,21H,2-12,14-15,20H2,1H3,(H,26,27). The van der Waals surface area contributed by atoms with Gasteiger partial charge in [-0.1, -0.05) is 89.3 Å². The van der Waals surface area contributed by atoms with Gasteiger partial charge in [-0.25, -0.2) is 4.79 Å². The van der Waals surface area contributed by atoms with Crippen LogP contribution in [0.4, 0.5) is 0 Å². The maximum absolute atomic E-state index is 10.9. The van der Waals surface area contributed by atoms with E-state index in [9.17, 15) is 4.79 Å². The molecule has 28 heavy (non-hydrogen) atoms. The Morgan fingerprint density at radius 2 is 1.68 bits per heavy atom. The molecule has 0 amide bonds. The largest absolute Gasteiger partial charge is 0.493 e. The molecule has 0 aromatic heterocycles. The molecule has 1 saturated carbocycles. The van der Waals surface area contributed by atoms with E-state index in [1.807, 2.05) is 12.1 Å². The Bertz CT molecular complexity index is 600. The van der Waals surface area contributed by atoms with Crippen LogP contribution in [0.15, 0.2) is 24.3 Å². The van der Waals surface area contributed by atoms with Crippen LogP contribution < -0.4 is 4.74 Å². The lowest BCUT2D eigenvalue weighted by Crippen LogP contribution is -2.04. The summed E-state index contributed by atoms with van der Waals surface area (Å²) in [7, 11) is 0. The number of aliphatic carboxylic acids is 1. The van der Waals surface area contributed by atoms with Crippen LogP contribution in [-0.2, 0) is 4.79 Å². The van der Waals surface area contributed by atoms with Gasteiger partial charge in [0, 0.05) is 11.6 Å². The van der Waals surface area contributed by atoms with Gasteiger partial charge in [0.05, 0.1) is 6.61 Å². The van der Waals surface area contributed by atoms with Crippen LogP contribution in [0.2, 0.25) is 0 Å². The summed E-state index contributed by atoms with van der Waals surface area (Å²) in [6, 6.07) is 6.16. The van der Waals surface area contributed by atoms with E-state index in [2.05, 4.69) is 13.0 Å². The average molecular weight is 387 g/mol. The topological polar surface area (TPSA) is 46.5 Å². The van der Waals surface area contributed by atoms with Gasteiger partial charge in [0.15, 0.2) is 0 Å². The van der Waals surface area contributed by atoms with Crippen molar-refractivity contribution in [3.8, 4) is 5.75 Å². The van der Waals surface area contributed by atoms with Crippen LogP contribution in [0.3, 0.4) is 0 Å². The number of carboxylic acid groups (broad SMARTS) is 1. The van der Waals surface area contributed by atoms with Gasteiger partial charge in [0.1, 0.15) is 5.75 Å². The highest BCUT2D eigenvalue weighted by molar-refractivity contribution is 5.86. The average Bonchev–Trinajstić information content (AvgIpc) is 3.22. The van der Waals surface area contributed by atoms with Crippen LogP contribution in [0.5, 0.6) is 5.75 Å². The Hall–Kier alpha value is -1.77. The molecule has 0 spiro atoms. The smallest absolute Gasteiger partial charge is 0.328 e. The van der Waals surface area contributed by atoms with Crippen molar-refractivity contribution in [3.63, 3.8) is 0 Å². The molecule has 1 aliphatic carbocycles. The first-order valence-corrected chi connectivity index (χ1v) is 11.4. The maximum atomic E-state index is 10.9. The van der Waals surface area contributed by atoms with Crippen LogP contribution >= 0.6 is 0 Å². The first kappa shape index (κ1) is 22.5. The van der Waals surface area contributed by atoms with Crippen LogP contribution in [0.25, 0.3) is 6.08 Å². The molecule has 1 aromatic carbocycles. The third-order valence-electron chi connectivity index (χ3n) is 5.77. The van der Waals surface area contributed by atoms with E-state index in [0.29, 0.717) is 12.5 Å². The van der Waals surface area contributed by atoms with Crippen molar-refractivity contribution in [3.05, 3.63) is 35.4 Å². The Labute approximate surface area is 171 Å². The van der Waals surface area contributed by atoms with E-state index in [0.717, 1.165) is 17.7 Å². The number of carbonyl (C=O) groups is 1. The van der Waals surface area contributed by atoms with Gasteiger partial charge in [-0.3, -0.25) is 0 Å². The fraction of sp³-hybridized carbons (Fsp3) is 0.640. The highest BCUT2D eigenvalue weighted by atomic mass is 16.5. The van der Waals surface area contributed by atoms with Crippen molar-refractivity contribution < 1.29 is 14.6 Å². The highest BCUT2D eigenvalue weighted by Crippen LogP contribution is 2.40. The summed E-state index contributed by atoms with van der Waals surface area (Å²) in [6.45, 7) is 2.97. The molecule has 0 heterocycles. The molecule has 0 aliphatic heterocycles. The third kappa shape index (κ3) is 8.08. The molecular formula is C25H38O3. The third-order valence-corrected chi connectivity index (χ3v) is 5.77. The summed E-state index contributed by atoms with van der Waals surface area (Å²) in [5.74, 6) is 0.541. The zero-order chi connectivity index (χ0) is 20.0. The second kappa shape index (κ2) is 13.4. The van der Waals surface area contributed by atoms with Gasteiger partial charge < -0.3 is 9.84 Å². The highest BCUT2D eigenvalue weighted by Gasteiger charge is 2.21. The molecular weight excluding hydrogens is 348 g/mol. The molecule has 156 valence electrons. The molecule has 1 aliphatic rings. The molecule has 0 unspecified atom stereocenters. The van der Waals surface area contributed by atoms with Gasteiger partial charge in [0.25, 0.3) is 0 Å². The van der Waals surface area contributed by atoms with Gasteiger partial charge in [-0.2, -0.15) is 0 Å². The molecule has 1 fully saturated rings. The van der Waals surface area contributed by atoms with Crippen LogP contribution in [0.1, 0.15) is 107 Å². The predicted octanol–water partition coefficient (Wildman–Crippen LogP) is 7.35. The van der Waals surface area contributed by atoms with E-state index in [1.54, 1.807) is 6.08 Å². The minimum Gasteiger partial charge on any atom is -0.493 e. The Kier molecular flexibility index (Phi) is 10.8. The molecule has 0 saturated heterocycles. The van der Waals surface area contributed by atoms with Crippen molar-refractivity contribution in [1.29, 1.82) is 0 Å². The van der Waals surface area contributed by atoms with E-state index in [1.165, 1.54) is 88.7 Å². The molecule has 0 radical (unpaired) electrons. The number of para-hydroxylation sites is 1. The number of carboxylic acids is 1. The van der Waals surface area contributed by atoms with E-state index < -0.39 is 5.97 Å². The first-order chi connectivity index (χ1) is 13.7. The molecule has 0 bridgehead atoms. The van der Waals surface area contributed by atoms with Gasteiger partial charge in [-0.15, -0.1) is 0 Å². The lowest BCUT2D eigenvalue weighted by molar-refractivity contribution is -0.131.